The highest BCUT2D eigenvalue weighted by atomic mass is 19.1. The molecule has 0 amide bonds. The maximum Gasteiger partial charge on any atom is 0.312 e. The third-order valence-electron chi connectivity index (χ3n) is 7.17. The number of carbonyl (C=O) groups is 1. The molecule has 3 aliphatic heterocycles. The summed E-state index contributed by atoms with van der Waals surface area (Å²) in [5.41, 5.74) is 5.50. The second kappa shape index (κ2) is 6.62. The van der Waals surface area contributed by atoms with Crippen LogP contribution in [-0.2, 0) is 29.1 Å². The van der Waals surface area contributed by atoms with Crippen molar-refractivity contribution in [2.24, 2.45) is 5.92 Å². The van der Waals surface area contributed by atoms with Crippen LogP contribution in [0.1, 0.15) is 47.3 Å². The molecule has 2 N–H and O–H groups in total. The van der Waals surface area contributed by atoms with Crippen LogP contribution in [0.2, 0.25) is 0 Å². The number of aliphatic hydroxyl groups is 1. The Balaban J connectivity index is 1.63. The molecule has 0 aliphatic carbocycles. The van der Waals surface area contributed by atoms with E-state index in [4.69, 9.17) is 9.72 Å². The lowest BCUT2D eigenvalue weighted by molar-refractivity contribution is -0.153. The highest BCUT2D eigenvalue weighted by Crippen LogP contribution is 2.43. The lowest BCUT2D eigenvalue weighted by atomic mass is 9.91. The van der Waals surface area contributed by atoms with E-state index in [1.807, 2.05) is 0 Å². The Morgan fingerprint density at radius 2 is 2.09 bits per heavy atom. The van der Waals surface area contributed by atoms with E-state index in [2.05, 4.69) is 5.32 Å². The summed E-state index contributed by atoms with van der Waals surface area (Å²) in [4.78, 5) is 30.5. The third kappa shape index (κ3) is 2.41. The summed E-state index contributed by atoms with van der Waals surface area (Å²) in [6.45, 7) is 4.42. The highest BCUT2D eigenvalue weighted by molar-refractivity contribution is 6.00. The van der Waals surface area contributed by atoms with E-state index in [1.54, 1.807) is 24.5 Å². The molecule has 32 heavy (non-hydrogen) atoms. The van der Waals surface area contributed by atoms with Gasteiger partial charge >= 0.3 is 5.97 Å². The van der Waals surface area contributed by atoms with Crippen molar-refractivity contribution in [3.8, 4) is 11.4 Å². The van der Waals surface area contributed by atoms with Crippen LogP contribution in [0.4, 0.5) is 10.1 Å². The number of nitrogens with zero attached hydrogens (tertiary/aromatic N) is 2. The molecular formula is C24H22FN3O4. The average molecular weight is 435 g/mol. The molecular weight excluding hydrogens is 413 g/mol. The van der Waals surface area contributed by atoms with Crippen LogP contribution in [0.3, 0.4) is 0 Å². The van der Waals surface area contributed by atoms with Crippen molar-refractivity contribution in [3.63, 3.8) is 0 Å². The molecule has 0 saturated carbocycles. The molecule has 0 radical (unpaired) electrons. The number of hydrogen-bond acceptors (Lipinski definition) is 6. The Labute approximate surface area is 182 Å². The van der Waals surface area contributed by atoms with Gasteiger partial charge in [-0.15, -0.1) is 0 Å². The van der Waals surface area contributed by atoms with Gasteiger partial charge in [0, 0.05) is 23.6 Å². The molecule has 0 fully saturated rings. The van der Waals surface area contributed by atoms with E-state index >= 15 is 0 Å². The monoisotopic (exact) mass is 435 g/mol. The average Bonchev–Trinajstić information content (AvgIpc) is 3.10. The number of aliphatic hydroxyl groups excluding tert-OH is 1. The molecule has 164 valence electrons. The van der Waals surface area contributed by atoms with E-state index in [1.165, 1.54) is 6.07 Å². The molecule has 8 heteroatoms. The Hall–Kier alpha value is -3.26. The van der Waals surface area contributed by atoms with E-state index in [-0.39, 0.29) is 18.0 Å². The van der Waals surface area contributed by atoms with Crippen LogP contribution in [0.25, 0.3) is 22.3 Å². The van der Waals surface area contributed by atoms with Crippen molar-refractivity contribution >= 4 is 22.6 Å². The van der Waals surface area contributed by atoms with Crippen molar-refractivity contribution in [1.82, 2.24) is 9.55 Å². The minimum atomic E-state index is -1.13. The minimum absolute atomic E-state index is 0.160. The predicted octanol–water partition coefficient (Wildman–Crippen LogP) is 2.96. The number of carbonyl (C=O) groups excluding carboxylic acids is 1. The van der Waals surface area contributed by atoms with Gasteiger partial charge in [0.25, 0.3) is 5.56 Å². The first kappa shape index (κ1) is 19.4. The Bertz CT molecular complexity index is 1410. The number of cyclic esters (lactones) is 1. The normalized spacial score (nSPS) is 20.8. The predicted molar refractivity (Wildman–Crippen MR) is 116 cm³/mol. The summed E-state index contributed by atoms with van der Waals surface area (Å²) in [5, 5.41) is 15.3. The summed E-state index contributed by atoms with van der Waals surface area (Å²) < 4.78 is 21.5. The van der Waals surface area contributed by atoms with E-state index in [9.17, 15) is 19.1 Å². The number of pyridine rings is 2. The molecule has 7 nitrogen and oxygen atoms in total. The summed E-state index contributed by atoms with van der Waals surface area (Å²) in [6.07, 6.45) is -0.0198. The number of fused-ring (bicyclic) bond motifs is 5. The number of aromatic nitrogens is 2. The highest BCUT2D eigenvalue weighted by Gasteiger charge is 2.37. The van der Waals surface area contributed by atoms with Gasteiger partial charge in [0.1, 0.15) is 12.4 Å². The van der Waals surface area contributed by atoms with Crippen LogP contribution >= 0.6 is 0 Å². The quantitative estimate of drug-likeness (QED) is 0.447. The number of esters is 1. The van der Waals surface area contributed by atoms with E-state index < -0.39 is 18.0 Å². The van der Waals surface area contributed by atoms with Gasteiger partial charge in [-0.2, -0.15) is 0 Å². The summed E-state index contributed by atoms with van der Waals surface area (Å²) in [7, 11) is 0. The zero-order chi connectivity index (χ0) is 22.3. The molecule has 0 bridgehead atoms. The number of ether oxygens (including phenoxy) is 1. The molecule has 5 heterocycles. The topological polar surface area (TPSA) is 93.5 Å². The SMILES string of the molecule is CC[C@H]1C(=O)OCc2c(cc3n(c2=O)Cc2c-3nc3cc(F)c(C)c4c3c2NCC4)[C@H]1O. The zero-order valence-corrected chi connectivity index (χ0v) is 17.8. The van der Waals surface area contributed by atoms with Crippen LogP contribution in [0.15, 0.2) is 16.9 Å². The lowest BCUT2D eigenvalue weighted by Gasteiger charge is -2.23. The van der Waals surface area contributed by atoms with Crippen LogP contribution < -0.4 is 10.9 Å². The molecule has 0 spiro atoms. The fourth-order valence-electron chi connectivity index (χ4n) is 5.41. The molecule has 1 aromatic carbocycles. The van der Waals surface area contributed by atoms with Gasteiger partial charge in [0.05, 0.1) is 46.7 Å². The molecule has 0 saturated heterocycles. The first-order valence-electron chi connectivity index (χ1n) is 10.9. The molecule has 3 aliphatic rings. The lowest BCUT2D eigenvalue weighted by Crippen LogP contribution is -2.26. The number of nitrogens with one attached hydrogen (secondary N) is 1. The molecule has 6 rings (SSSR count). The van der Waals surface area contributed by atoms with Gasteiger partial charge < -0.3 is 19.7 Å². The molecule has 2 aromatic heterocycles. The molecule has 3 aromatic rings. The standard InChI is InChI=1S/C24H22FN3O4/c1-3-11-22(29)13-6-18-20-14(8-28(18)23(30)15(13)9-32-24(11)31)21-19-12(4-5-26-21)10(2)16(25)7-17(19)27-20/h6-7,11,22,26,29H,3-5,8-9H2,1-2H3/t11-,22+/m1/s1. The number of benzene rings is 1. The minimum Gasteiger partial charge on any atom is -0.460 e. The summed E-state index contributed by atoms with van der Waals surface area (Å²) in [6, 6.07) is 3.20. The second-order valence-electron chi connectivity index (χ2n) is 8.77. The van der Waals surface area contributed by atoms with Crippen molar-refractivity contribution in [2.75, 3.05) is 11.9 Å². The smallest absolute Gasteiger partial charge is 0.312 e. The fraction of sp³-hybridized carbons (Fsp3) is 0.375. The van der Waals surface area contributed by atoms with Gasteiger partial charge in [-0.25, -0.2) is 9.37 Å². The van der Waals surface area contributed by atoms with Crippen LogP contribution in [0.5, 0.6) is 0 Å². The van der Waals surface area contributed by atoms with Crippen molar-refractivity contribution in [2.45, 2.75) is 45.9 Å². The van der Waals surface area contributed by atoms with Crippen molar-refractivity contribution in [3.05, 3.63) is 56.1 Å². The number of anilines is 1. The van der Waals surface area contributed by atoms with Crippen LogP contribution in [0, 0.1) is 18.7 Å². The maximum atomic E-state index is 14.6. The Morgan fingerprint density at radius 1 is 1.28 bits per heavy atom. The van der Waals surface area contributed by atoms with E-state index in [0.29, 0.717) is 59.5 Å². The first-order valence-corrected chi connectivity index (χ1v) is 10.9. The summed E-state index contributed by atoms with van der Waals surface area (Å²) in [5.74, 6) is -1.52. The first-order chi connectivity index (χ1) is 15.4. The molecule has 0 unspecified atom stereocenters. The number of halogens is 1. The Morgan fingerprint density at radius 3 is 2.88 bits per heavy atom. The van der Waals surface area contributed by atoms with Gasteiger partial charge in [0.2, 0.25) is 0 Å². The van der Waals surface area contributed by atoms with Gasteiger partial charge in [0.15, 0.2) is 0 Å². The Kier molecular flexibility index (Phi) is 4.02. The van der Waals surface area contributed by atoms with E-state index in [0.717, 1.165) is 22.2 Å². The van der Waals surface area contributed by atoms with Gasteiger partial charge in [-0.1, -0.05) is 6.92 Å². The zero-order valence-electron chi connectivity index (χ0n) is 17.8. The van der Waals surface area contributed by atoms with Crippen molar-refractivity contribution < 1.29 is 19.0 Å². The fourth-order valence-corrected chi connectivity index (χ4v) is 5.41. The number of hydrogen-bond donors (Lipinski definition) is 2. The van der Waals surface area contributed by atoms with Gasteiger partial charge in [-0.05, 0) is 42.5 Å². The maximum absolute atomic E-state index is 14.6. The largest absolute Gasteiger partial charge is 0.460 e. The third-order valence-corrected chi connectivity index (χ3v) is 7.17. The number of rotatable bonds is 1. The summed E-state index contributed by atoms with van der Waals surface area (Å²) >= 11 is 0. The van der Waals surface area contributed by atoms with Crippen LogP contribution in [-0.4, -0.2) is 27.2 Å². The second-order valence-corrected chi connectivity index (χ2v) is 8.77. The molecule has 2 atom stereocenters. The van der Waals surface area contributed by atoms with Crippen molar-refractivity contribution in [1.29, 1.82) is 0 Å². The van der Waals surface area contributed by atoms with Gasteiger partial charge in [-0.3, -0.25) is 9.59 Å².